The van der Waals surface area contributed by atoms with Gasteiger partial charge in [0.1, 0.15) is 11.8 Å². The number of Topliss-reactive ketones (excluding diaryl/α,β-unsaturated/α-hetero) is 1. The van der Waals surface area contributed by atoms with E-state index in [9.17, 15) is 39.2 Å². The van der Waals surface area contributed by atoms with Gasteiger partial charge in [-0.3, -0.25) is 19.2 Å². The summed E-state index contributed by atoms with van der Waals surface area (Å²) < 4.78 is 21.2. The Balaban J connectivity index is 1.14. The van der Waals surface area contributed by atoms with Crippen LogP contribution in [0.4, 0.5) is 4.79 Å². The standard InChI is InChI=1S/C36H44N2O13/c1-21-15-27-26-10-7-23-17-24(40)11-12-35(23,2)32(26)30(41)18-28(27)36(21,49-20-39)31(42)19-48-34(44)51-25-8-5-22(6-9-25)16-29(37)33(43)47-13-3-4-14-50-38(45)46/h5-6,8-9,11-12,17,20-21,26-30,32,41H,3-4,7,10,13-16,18-19,37H2,1-2H3/t21?,26?,27?,28?,29?,30?,32?,35?,36-/m1/s1. The van der Waals surface area contributed by atoms with Crippen molar-refractivity contribution in [2.24, 2.45) is 40.7 Å². The molecule has 5 rings (SSSR count). The third-order valence-corrected chi connectivity index (χ3v) is 11.3. The summed E-state index contributed by atoms with van der Waals surface area (Å²) in [5.41, 5.74) is 5.51. The second-order valence-electron chi connectivity index (χ2n) is 14.1. The quantitative estimate of drug-likeness (QED) is 0.0507. The zero-order chi connectivity index (χ0) is 36.9. The molecule has 0 aromatic heterocycles. The number of benzene rings is 1. The highest BCUT2D eigenvalue weighted by atomic mass is 16.9. The van der Waals surface area contributed by atoms with Crippen LogP contribution in [0.3, 0.4) is 0 Å². The summed E-state index contributed by atoms with van der Waals surface area (Å²) in [7, 11) is 0. The number of ether oxygens (including phenoxy) is 4. The number of hydrogen-bond acceptors (Lipinski definition) is 14. The molecule has 0 aliphatic heterocycles. The SMILES string of the molecule is CC1CC2C3CCC4=CC(=O)C=CC4(C)C3C(O)CC2[C@@]1(OC=O)C(=O)COC(=O)Oc1ccc(CC(N)C(=O)OCCCCO[N+](=O)[O-])cc1. The molecule has 0 amide bonds. The smallest absolute Gasteiger partial charge is 0.465 e. The third-order valence-electron chi connectivity index (χ3n) is 11.3. The van der Waals surface area contributed by atoms with Gasteiger partial charge < -0.3 is 34.6 Å². The maximum absolute atomic E-state index is 13.9. The topological polar surface area (TPSA) is 221 Å². The van der Waals surface area contributed by atoms with E-state index in [0.717, 1.165) is 12.0 Å². The molecule has 3 saturated carbocycles. The number of aliphatic hydroxyl groups is 1. The number of carbonyl (C=O) groups is 5. The minimum atomic E-state index is -1.60. The molecule has 4 aliphatic rings. The Hall–Kier alpha value is -4.63. The molecule has 0 heterocycles. The number of nitrogens with zero attached hydrogens (tertiary/aromatic N) is 1. The first-order chi connectivity index (χ1) is 24.3. The summed E-state index contributed by atoms with van der Waals surface area (Å²) in [6.07, 6.45) is 6.20. The van der Waals surface area contributed by atoms with Gasteiger partial charge in [0.2, 0.25) is 5.78 Å². The van der Waals surface area contributed by atoms with Gasteiger partial charge in [-0.1, -0.05) is 37.6 Å². The largest absolute Gasteiger partial charge is 0.514 e. The van der Waals surface area contributed by atoms with E-state index in [0.29, 0.717) is 31.2 Å². The average molecular weight is 713 g/mol. The predicted octanol–water partition coefficient (Wildman–Crippen LogP) is 3.22. The zero-order valence-corrected chi connectivity index (χ0v) is 28.6. The highest BCUT2D eigenvalue weighted by Gasteiger charge is 2.66. The summed E-state index contributed by atoms with van der Waals surface area (Å²) >= 11 is 0. The molecule has 1 aromatic rings. The van der Waals surface area contributed by atoms with Crippen molar-refractivity contribution in [3.05, 3.63) is 63.7 Å². The molecule has 0 spiro atoms. The van der Waals surface area contributed by atoms with Crippen LogP contribution in [0.25, 0.3) is 0 Å². The Morgan fingerprint density at radius 2 is 1.84 bits per heavy atom. The van der Waals surface area contributed by atoms with Crippen molar-refractivity contribution in [3.8, 4) is 5.75 Å². The fourth-order valence-corrected chi connectivity index (χ4v) is 9.02. The van der Waals surface area contributed by atoms with Crippen LogP contribution in [0.1, 0.15) is 57.9 Å². The van der Waals surface area contributed by atoms with Gasteiger partial charge in [-0.05, 0) is 86.6 Å². The van der Waals surface area contributed by atoms with Gasteiger partial charge in [-0.25, -0.2) is 4.79 Å². The number of rotatable bonds is 15. The normalized spacial score (nSPS) is 31.1. The molecule has 15 nitrogen and oxygen atoms in total. The number of allylic oxidation sites excluding steroid dienone is 4. The van der Waals surface area contributed by atoms with Gasteiger partial charge in [0, 0.05) is 23.2 Å². The number of fused-ring (bicyclic) bond motifs is 5. The van der Waals surface area contributed by atoms with Crippen molar-refractivity contribution >= 4 is 30.2 Å². The Morgan fingerprint density at radius 1 is 1.12 bits per heavy atom. The maximum Gasteiger partial charge on any atom is 0.514 e. The van der Waals surface area contributed by atoms with Gasteiger partial charge in [-0.15, -0.1) is 10.1 Å². The highest BCUT2D eigenvalue weighted by molar-refractivity contribution is 6.01. The first kappa shape index (κ1) is 37.6. The number of aliphatic hydroxyl groups excluding tert-OH is 1. The van der Waals surface area contributed by atoms with Crippen LogP contribution >= 0.6 is 0 Å². The summed E-state index contributed by atoms with van der Waals surface area (Å²) in [5, 5.41) is 20.8. The van der Waals surface area contributed by atoms with Crippen LogP contribution in [0.15, 0.2) is 48.1 Å². The number of nitrogens with two attached hydrogens (primary N) is 1. The summed E-state index contributed by atoms with van der Waals surface area (Å²) in [5.74, 6) is -2.26. The number of unbranched alkanes of at least 4 members (excludes halogenated alkanes) is 1. The van der Waals surface area contributed by atoms with Crippen molar-refractivity contribution in [1.29, 1.82) is 0 Å². The van der Waals surface area contributed by atoms with E-state index in [-0.39, 0.29) is 61.8 Å². The monoisotopic (exact) mass is 712 g/mol. The summed E-state index contributed by atoms with van der Waals surface area (Å²) in [6.45, 7) is 3.36. The lowest BCUT2D eigenvalue weighted by Gasteiger charge is -2.56. The first-order valence-electron chi connectivity index (χ1n) is 17.2. The van der Waals surface area contributed by atoms with Crippen molar-refractivity contribution in [2.45, 2.75) is 76.5 Å². The van der Waals surface area contributed by atoms with Crippen LogP contribution in [-0.4, -0.2) is 77.9 Å². The van der Waals surface area contributed by atoms with Crippen LogP contribution in [-0.2, 0) is 44.6 Å². The second kappa shape index (κ2) is 15.7. The maximum atomic E-state index is 13.9. The number of hydrogen-bond donors (Lipinski definition) is 2. The Morgan fingerprint density at radius 3 is 2.55 bits per heavy atom. The van der Waals surface area contributed by atoms with Gasteiger partial charge in [0.25, 0.3) is 11.6 Å². The molecule has 0 saturated heterocycles. The van der Waals surface area contributed by atoms with E-state index in [1.54, 1.807) is 24.3 Å². The summed E-state index contributed by atoms with van der Waals surface area (Å²) in [4.78, 5) is 77.0. The fourth-order valence-electron chi connectivity index (χ4n) is 9.02. The predicted molar refractivity (Wildman–Crippen MR) is 176 cm³/mol. The molecule has 15 heteroatoms. The van der Waals surface area contributed by atoms with Crippen LogP contribution < -0.4 is 10.5 Å². The molecule has 0 radical (unpaired) electrons. The van der Waals surface area contributed by atoms with Crippen molar-refractivity contribution in [3.63, 3.8) is 0 Å². The molecule has 3 fully saturated rings. The van der Waals surface area contributed by atoms with Crippen LogP contribution in [0.2, 0.25) is 0 Å². The fraction of sp³-hybridized carbons (Fsp3) is 0.583. The van der Waals surface area contributed by atoms with Crippen molar-refractivity contribution in [1.82, 2.24) is 0 Å². The molecular formula is C36H44N2O13. The van der Waals surface area contributed by atoms with E-state index < -0.39 is 64.6 Å². The van der Waals surface area contributed by atoms with Crippen molar-refractivity contribution < 1.29 is 58.0 Å². The Kier molecular flexibility index (Phi) is 11.6. The number of carbonyl (C=O) groups excluding carboxylic acids is 5. The minimum absolute atomic E-state index is 0.0232. The zero-order valence-electron chi connectivity index (χ0n) is 28.6. The third kappa shape index (κ3) is 7.83. The molecule has 1 aromatic carbocycles. The molecule has 9 atom stereocenters. The number of ketones is 2. The lowest BCUT2D eigenvalue weighted by Crippen LogP contribution is -2.58. The van der Waals surface area contributed by atoms with E-state index in [4.69, 9.17) is 24.7 Å². The summed E-state index contributed by atoms with van der Waals surface area (Å²) in [6, 6.07) is 5.15. The molecule has 8 unspecified atom stereocenters. The van der Waals surface area contributed by atoms with Crippen molar-refractivity contribution in [2.75, 3.05) is 19.8 Å². The lowest BCUT2D eigenvalue weighted by molar-refractivity contribution is -0.757. The molecular weight excluding hydrogens is 668 g/mol. The van der Waals surface area contributed by atoms with E-state index >= 15 is 0 Å². The molecule has 276 valence electrons. The van der Waals surface area contributed by atoms with Gasteiger partial charge >= 0.3 is 12.1 Å². The van der Waals surface area contributed by atoms with Gasteiger partial charge in [0.05, 0.1) is 19.3 Å². The van der Waals surface area contributed by atoms with E-state index in [2.05, 4.69) is 4.84 Å². The van der Waals surface area contributed by atoms with Crippen LogP contribution in [0.5, 0.6) is 5.75 Å². The average Bonchev–Trinajstić information content (AvgIpc) is 3.37. The van der Waals surface area contributed by atoms with E-state index in [1.807, 2.05) is 19.9 Å². The van der Waals surface area contributed by atoms with E-state index in [1.165, 1.54) is 12.1 Å². The Labute approximate surface area is 294 Å². The minimum Gasteiger partial charge on any atom is -0.465 e. The lowest BCUT2D eigenvalue weighted by atomic mass is 9.49. The second-order valence-corrected chi connectivity index (χ2v) is 14.1. The number of esters is 1. The first-order valence-corrected chi connectivity index (χ1v) is 17.2. The van der Waals surface area contributed by atoms with Gasteiger partial charge in [-0.2, -0.15) is 0 Å². The van der Waals surface area contributed by atoms with Crippen LogP contribution in [0, 0.1) is 45.1 Å². The highest BCUT2D eigenvalue weighted by Crippen LogP contribution is 2.64. The van der Waals surface area contributed by atoms with Gasteiger partial charge in [0.15, 0.2) is 18.0 Å². The molecule has 0 bridgehead atoms. The molecule has 3 N–H and O–H groups in total. The Bertz CT molecular complexity index is 1570. The molecule has 51 heavy (non-hydrogen) atoms. The molecule has 4 aliphatic carbocycles.